The molecule has 26 heavy (non-hydrogen) atoms. The molecule has 2 aromatic rings. The zero-order valence-corrected chi connectivity index (χ0v) is 16.6. The number of likely N-dealkylation sites (tertiary alicyclic amines) is 1. The van der Waals surface area contributed by atoms with Crippen molar-refractivity contribution < 1.29 is 19.5 Å². The molecule has 3 N–H and O–H groups in total. The van der Waals surface area contributed by atoms with E-state index in [1.54, 1.807) is 30.3 Å². The van der Waals surface area contributed by atoms with Crippen LogP contribution in [0.4, 0.5) is 5.69 Å². The summed E-state index contributed by atoms with van der Waals surface area (Å²) in [5.74, 6) is -1.62. The minimum absolute atomic E-state index is 0.315. The Bertz CT molecular complexity index is 844. The Kier molecular flexibility index (Phi) is 5.47. The molecule has 0 aliphatic carbocycles. The summed E-state index contributed by atoms with van der Waals surface area (Å²) < 4.78 is 1.41. The molecule has 1 aliphatic heterocycles. The number of nitrogens with one attached hydrogen (secondary N) is 2. The number of carboxylic acids is 1. The van der Waals surface area contributed by atoms with Gasteiger partial charge in [0.1, 0.15) is 11.7 Å². The number of anilines is 1. The van der Waals surface area contributed by atoms with Crippen LogP contribution in [0.3, 0.4) is 0 Å². The number of nitrogens with zero attached hydrogens (tertiary/aromatic N) is 1. The van der Waals surface area contributed by atoms with E-state index < -0.39 is 12.0 Å². The van der Waals surface area contributed by atoms with Crippen LogP contribution in [0.2, 0.25) is 0 Å². The molecule has 1 atom stereocenters. The first-order chi connectivity index (χ1) is 12.4. The largest absolute Gasteiger partial charge is 0.480 e. The van der Waals surface area contributed by atoms with Crippen LogP contribution < -0.4 is 5.32 Å². The van der Waals surface area contributed by atoms with Crippen LogP contribution in [-0.2, 0) is 4.79 Å². The minimum Gasteiger partial charge on any atom is -0.480 e. The lowest BCUT2D eigenvalue weighted by Gasteiger charge is -2.21. The molecular formula is C17H15Br2N3O4. The fourth-order valence-electron chi connectivity index (χ4n) is 2.85. The number of carboxylic acid groups (broad SMARTS) is 1. The standard InChI is InChI=1S/C17H15Br2N3O4/c18-11-8-12(21-14(11)19)15(23)20-10-5-3-9(4-6-10)16(24)22-7-1-2-13(22)17(25)26/h3-6,8,13,21H,1-2,7H2,(H,20,23)(H,25,26)/t13-/m0/s1. The third-order valence-electron chi connectivity index (χ3n) is 4.16. The molecule has 0 unspecified atom stereocenters. The molecular weight excluding hydrogens is 470 g/mol. The molecule has 2 heterocycles. The van der Waals surface area contributed by atoms with Crippen molar-refractivity contribution in [2.75, 3.05) is 11.9 Å². The topological polar surface area (TPSA) is 102 Å². The third kappa shape index (κ3) is 3.83. The number of aliphatic carboxylic acids is 1. The van der Waals surface area contributed by atoms with Crippen LogP contribution in [0.1, 0.15) is 33.7 Å². The number of rotatable bonds is 4. The number of H-pyrrole nitrogens is 1. The first-order valence-corrected chi connectivity index (χ1v) is 9.44. The van der Waals surface area contributed by atoms with Crippen molar-refractivity contribution in [2.24, 2.45) is 0 Å². The summed E-state index contributed by atoms with van der Waals surface area (Å²) in [6.45, 7) is 0.435. The van der Waals surface area contributed by atoms with Crippen LogP contribution in [-0.4, -0.2) is 45.4 Å². The predicted octanol–water partition coefficient (Wildman–Crippen LogP) is 3.48. The summed E-state index contributed by atoms with van der Waals surface area (Å²) in [5, 5.41) is 11.9. The molecule has 1 fully saturated rings. The van der Waals surface area contributed by atoms with E-state index >= 15 is 0 Å². The van der Waals surface area contributed by atoms with Crippen LogP contribution >= 0.6 is 31.9 Å². The molecule has 0 spiro atoms. The third-order valence-corrected chi connectivity index (χ3v) is 5.94. The SMILES string of the molecule is O=C(Nc1ccc(C(=O)N2CCC[C@H]2C(=O)O)cc1)c1cc(Br)c(Br)[nH]1. The average molecular weight is 485 g/mol. The van der Waals surface area contributed by atoms with Crippen molar-refractivity contribution in [1.82, 2.24) is 9.88 Å². The number of aromatic amines is 1. The number of carbonyl (C=O) groups excluding carboxylic acids is 2. The van der Waals surface area contributed by atoms with Crippen LogP contribution in [0.5, 0.6) is 0 Å². The highest BCUT2D eigenvalue weighted by molar-refractivity contribution is 9.13. The molecule has 2 amide bonds. The highest BCUT2D eigenvalue weighted by Crippen LogP contribution is 2.24. The van der Waals surface area contributed by atoms with Gasteiger partial charge in [-0.3, -0.25) is 9.59 Å². The van der Waals surface area contributed by atoms with Gasteiger partial charge >= 0.3 is 5.97 Å². The van der Waals surface area contributed by atoms with E-state index in [1.807, 2.05) is 0 Å². The number of hydrogen-bond acceptors (Lipinski definition) is 3. The quantitative estimate of drug-likeness (QED) is 0.618. The molecule has 1 aromatic heterocycles. The van der Waals surface area contributed by atoms with Gasteiger partial charge in [-0.25, -0.2) is 4.79 Å². The Morgan fingerprint density at radius 2 is 1.88 bits per heavy atom. The smallest absolute Gasteiger partial charge is 0.326 e. The fourth-order valence-corrected chi connectivity index (χ4v) is 3.51. The lowest BCUT2D eigenvalue weighted by atomic mass is 10.1. The van der Waals surface area contributed by atoms with E-state index in [-0.39, 0.29) is 11.8 Å². The first-order valence-electron chi connectivity index (χ1n) is 7.86. The van der Waals surface area contributed by atoms with Crippen molar-refractivity contribution in [3.63, 3.8) is 0 Å². The van der Waals surface area contributed by atoms with E-state index in [2.05, 4.69) is 42.2 Å². The maximum atomic E-state index is 12.5. The van der Waals surface area contributed by atoms with Gasteiger partial charge in [0.05, 0.1) is 9.08 Å². The number of benzene rings is 1. The predicted molar refractivity (Wildman–Crippen MR) is 102 cm³/mol. The zero-order valence-electron chi connectivity index (χ0n) is 13.5. The maximum Gasteiger partial charge on any atom is 0.326 e. The van der Waals surface area contributed by atoms with Crippen molar-refractivity contribution in [1.29, 1.82) is 0 Å². The Labute approximate surface area is 166 Å². The molecule has 9 heteroatoms. The summed E-state index contributed by atoms with van der Waals surface area (Å²) in [4.78, 5) is 40.2. The van der Waals surface area contributed by atoms with Crippen LogP contribution in [0.15, 0.2) is 39.4 Å². The van der Waals surface area contributed by atoms with Gasteiger partial charge in [0, 0.05) is 17.8 Å². The lowest BCUT2D eigenvalue weighted by Crippen LogP contribution is -2.40. The Morgan fingerprint density at radius 1 is 1.19 bits per heavy atom. The van der Waals surface area contributed by atoms with Gasteiger partial charge < -0.3 is 20.3 Å². The second-order valence-corrected chi connectivity index (χ2v) is 7.52. The van der Waals surface area contributed by atoms with Gasteiger partial charge in [-0.1, -0.05) is 0 Å². The minimum atomic E-state index is -0.983. The summed E-state index contributed by atoms with van der Waals surface area (Å²) >= 11 is 6.58. The molecule has 0 radical (unpaired) electrons. The van der Waals surface area contributed by atoms with E-state index in [4.69, 9.17) is 0 Å². The number of amides is 2. The molecule has 1 saturated heterocycles. The Morgan fingerprint density at radius 3 is 2.46 bits per heavy atom. The van der Waals surface area contributed by atoms with Gasteiger partial charge in [-0.2, -0.15) is 0 Å². The fraction of sp³-hybridized carbons (Fsp3) is 0.235. The van der Waals surface area contributed by atoms with Crippen molar-refractivity contribution in [3.05, 3.63) is 50.7 Å². The van der Waals surface area contributed by atoms with E-state index in [9.17, 15) is 19.5 Å². The summed E-state index contributed by atoms with van der Waals surface area (Å²) in [7, 11) is 0. The summed E-state index contributed by atoms with van der Waals surface area (Å²) in [6, 6.07) is 7.27. The van der Waals surface area contributed by atoms with E-state index in [0.717, 1.165) is 4.47 Å². The molecule has 0 bridgehead atoms. The van der Waals surface area contributed by atoms with E-state index in [0.29, 0.717) is 40.9 Å². The van der Waals surface area contributed by atoms with Gasteiger partial charge in [-0.05, 0) is 75.0 Å². The Hall–Kier alpha value is -2.13. The highest BCUT2D eigenvalue weighted by atomic mass is 79.9. The van der Waals surface area contributed by atoms with E-state index in [1.165, 1.54) is 4.90 Å². The number of hydrogen-bond donors (Lipinski definition) is 3. The lowest BCUT2D eigenvalue weighted by molar-refractivity contribution is -0.141. The van der Waals surface area contributed by atoms with Crippen molar-refractivity contribution in [2.45, 2.75) is 18.9 Å². The van der Waals surface area contributed by atoms with Gasteiger partial charge in [0.25, 0.3) is 11.8 Å². The van der Waals surface area contributed by atoms with Crippen LogP contribution in [0.25, 0.3) is 0 Å². The first kappa shape index (κ1) is 18.7. The van der Waals surface area contributed by atoms with Gasteiger partial charge in [-0.15, -0.1) is 0 Å². The number of aromatic nitrogens is 1. The average Bonchev–Trinajstić information content (AvgIpc) is 3.22. The molecule has 136 valence electrons. The highest BCUT2D eigenvalue weighted by Gasteiger charge is 2.34. The number of carbonyl (C=O) groups is 3. The maximum absolute atomic E-state index is 12.5. The molecule has 3 rings (SSSR count). The monoisotopic (exact) mass is 483 g/mol. The van der Waals surface area contributed by atoms with Gasteiger partial charge in [0.2, 0.25) is 0 Å². The normalized spacial score (nSPS) is 16.5. The summed E-state index contributed by atoms with van der Waals surface area (Å²) in [5.41, 5.74) is 1.30. The van der Waals surface area contributed by atoms with Crippen molar-refractivity contribution in [3.8, 4) is 0 Å². The second kappa shape index (κ2) is 7.63. The molecule has 0 saturated carbocycles. The second-order valence-electron chi connectivity index (χ2n) is 5.87. The zero-order chi connectivity index (χ0) is 18.8. The molecule has 1 aromatic carbocycles. The van der Waals surface area contributed by atoms with Crippen molar-refractivity contribution >= 4 is 55.3 Å². The Balaban J connectivity index is 1.69. The number of halogens is 2. The molecule has 7 nitrogen and oxygen atoms in total. The molecule has 1 aliphatic rings. The van der Waals surface area contributed by atoms with Crippen LogP contribution in [0, 0.1) is 0 Å². The summed E-state index contributed by atoms with van der Waals surface area (Å²) in [6.07, 6.45) is 1.15. The van der Waals surface area contributed by atoms with Gasteiger partial charge in [0.15, 0.2) is 0 Å².